The molecule has 1 aromatic carbocycles. The van der Waals surface area contributed by atoms with Crippen molar-refractivity contribution in [1.82, 2.24) is 14.9 Å². The van der Waals surface area contributed by atoms with Crippen molar-refractivity contribution >= 4 is 5.91 Å². The van der Waals surface area contributed by atoms with Crippen molar-refractivity contribution in [3.8, 4) is 17.5 Å². The zero-order valence-electron chi connectivity index (χ0n) is 13.4. The molecule has 7 heteroatoms. The van der Waals surface area contributed by atoms with Gasteiger partial charge in [0.2, 0.25) is 0 Å². The summed E-state index contributed by atoms with van der Waals surface area (Å²) in [5.41, 5.74) is 0. The van der Waals surface area contributed by atoms with Gasteiger partial charge in [-0.05, 0) is 12.1 Å². The maximum atomic E-state index is 12.2. The molecule has 1 fully saturated rings. The van der Waals surface area contributed by atoms with Crippen LogP contribution in [0.1, 0.15) is 6.42 Å². The first-order valence-corrected chi connectivity index (χ1v) is 7.73. The Morgan fingerprint density at radius 1 is 1.21 bits per heavy atom. The molecule has 1 saturated heterocycles. The maximum absolute atomic E-state index is 12.2. The lowest BCUT2D eigenvalue weighted by Crippen LogP contribution is -2.34. The highest BCUT2D eigenvalue weighted by Gasteiger charge is 2.29. The molecule has 1 aliphatic heterocycles. The molecule has 0 radical (unpaired) electrons. The number of hydrogen-bond acceptors (Lipinski definition) is 6. The average molecular weight is 329 g/mol. The molecule has 0 bridgehead atoms. The van der Waals surface area contributed by atoms with Gasteiger partial charge in [0, 0.05) is 25.4 Å². The summed E-state index contributed by atoms with van der Waals surface area (Å²) in [5, 5.41) is 0. The Kier molecular flexibility index (Phi) is 5.10. The molecule has 24 heavy (non-hydrogen) atoms. The van der Waals surface area contributed by atoms with Gasteiger partial charge in [0.25, 0.3) is 17.7 Å². The summed E-state index contributed by atoms with van der Waals surface area (Å²) in [4.78, 5) is 22.1. The molecule has 0 N–H and O–H groups in total. The van der Waals surface area contributed by atoms with Gasteiger partial charge in [-0.3, -0.25) is 4.79 Å². The topological polar surface area (TPSA) is 73.8 Å². The van der Waals surface area contributed by atoms with E-state index < -0.39 is 0 Å². The van der Waals surface area contributed by atoms with E-state index in [1.54, 1.807) is 11.1 Å². The minimum absolute atomic E-state index is 0.0190. The Morgan fingerprint density at radius 2 is 1.96 bits per heavy atom. The first-order chi connectivity index (χ1) is 11.8. The van der Waals surface area contributed by atoms with Crippen LogP contribution in [0.15, 0.2) is 42.7 Å². The smallest absolute Gasteiger partial charge is 0.278 e. The summed E-state index contributed by atoms with van der Waals surface area (Å²) in [6.45, 7) is 1.14. The lowest BCUT2D eigenvalue weighted by atomic mass is 10.3. The zero-order valence-corrected chi connectivity index (χ0v) is 13.4. The number of amides is 1. The molecule has 1 amide bonds. The van der Waals surface area contributed by atoms with Gasteiger partial charge in [-0.2, -0.15) is 0 Å². The third-order valence-corrected chi connectivity index (χ3v) is 3.71. The first-order valence-electron chi connectivity index (χ1n) is 7.73. The van der Waals surface area contributed by atoms with Crippen LogP contribution in [0.25, 0.3) is 0 Å². The average Bonchev–Trinajstić information content (AvgIpc) is 3.10. The predicted octanol–water partition coefficient (Wildman–Crippen LogP) is 1.54. The predicted molar refractivity (Wildman–Crippen MR) is 86.1 cm³/mol. The summed E-state index contributed by atoms with van der Waals surface area (Å²) in [6, 6.07) is 9.28. The minimum Gasteiger partial charge on any atom is -0.484 e. The molecule has 7 nitrogen and oxygen atoms in total. The molecular weight excluding hydrogens is 310 g/mol. The van der Waals surface area contributed by atoms with Crippen LogP contribution in [0.5, 0.6) is 17.5 Å². The van der Waals surface area contributed by atoms with Crippen LogP contribution >= 0.6 is 0 Å². The number of benzene rings is 1. The van der Waals surface area contributed by atoms with Gasteiger partial charge in [0.15, 0.2) is 6.61 Å². The molecule has 1 unspecified atom stereocenters. The molecule has 0 saturated carbocycles. The fraction of sp³-hybridized carbons (Fsp3) is 0.353. The number of carbonyl (C=O) groups excluding carboxylic acids is 1. The summed E-state index contributed by atoms with van der Waals surface area (Å²) in [7, 11) is 1.52. The zero-order chi connectivity index (χ0) is 16.8. The van der Waals surface area contributed by atoms with Gasteiger partial charge < -0.3 is 19.1 Å². The Morgan fingerprint density at radius 3 is 2.71 bits per heavy atom. The minimum atomic E-state index is -0.128. The van der Waals surface area contributed by atoms with E-state index in [-0.39, 0.29) is 18.6 Å². The van der Waals surface area contributed by atoms with E-state index in [0.29, 0.717) is 30.6 Å². The lowest BCUT2D eigenvalue weighted by molar-refractivity contribution is -0.132. The van der Waals surface area contributed by atoms with E-state index in [0.717, 1.165) is 6.42 Å². The molecule has 3 rings (SSSR count). The molecule has 1 aliphatic rings. The van der Waals surface area contributed by atoms with Crippen LogP contribution in [0.4, 0.5) is 0 Å². The number of ether oxygens (including phenoxy) is 3. The Hall–Kier alpha value is -2.83. The number of likely N-dealkylation sites (tertiary alicyclic amines) is 1. The van der Waals surface area contributed by atoms with E-state index in [1.807, 2.05) is 30.3 Å². The number of para-hydroxylation sites is 1. The highest BCUT2D eigenvalue weighted by molar-refractivity contribution is 5.78. The van der Waals surface area contributed by atoms with E-state index in [4.69, 9.17) is 14.2 Å². The number of hydrogen-bond donors (Lipinski definition) is 0. The third-order valence-electron chi connectivity index (χ3n) is 3.71. The molecule has 1 atom stereocenters. The fourth-order valence-electron chi connectivity index (χ4n) is 2.50. The van der Waals surface area contributed by atoms with E-state index >= 15 is 0 Å². The van der Waals surface area contributed by atoms with Crippen molar-refractivity contribution < 1.29 is 19.0 Å². The fourth-order valence-corrected chi connectivity index (χ4v) is 2.50. The van der Waals surface area contributed by atoms with Crippen LogP contribution < -0.4 is 14.2 Å². The first kappa shape index (κ1) is 16.0. The number of methoxy groups -OCH3 is 1. The summed E-state index contributed by atoms with van der Waals surface area (Å²) in [5.74, 6) is 1.31. The molecule has 0 spiro atoms. The van der Waals surface area contributed by atoms with Gasteiger partial charge in [-0.25, -0.2) is 9.97 Å². The van der Waals surface area contributed by atoms with Crippen LogP contribution in [0, 0.1) is 0 Å². The van der Waals surface area contributed by atoms with Crippen LogP contribution in [-0.4, -0.2) is 53.7 Å². The quantitative estimate of drug-likeness (QED) is 0.800. The Bertz CT molecular complexity index is 681. The van der Waals surface area contributed by atoms with E-state index in [1.165, 1.54) is 13.3 Å². The molecule has 126 valence electrons. The SMILES string of the molecule is COc1nccnc1OC1CCN(C(=O)COc2ccccc2)C1. The monoisotopic (exact) mass is 329 g/mol. The van der Waals surface area contributed by atoms with Crippen LogP contribution in [0.2, 0.25) is 0 Å². The van der Waals surface area contributed by atoms with Crippen molar-refractivity contribution in [2.75, 3.05) is 26.8 Å². The Labute approximate surface area is 140 Å². The van der Waals surface area contributed by atoms with Gasteiger partial charge >= 0.3 is 0 Å². The summed E-state index contributed by atoms with van der Waals surface area (Å²) < 4.78 is 16.4. The largest absolute Gasteiger partial charge is 0.484 e. The van der Waals surface area contributed by atoms with Crippen molar-refractivity contribution in [3.05, 3.63) is 42.7 Å². The standard InChI is InChI=1S/C17H19N3O4/c1-22-16-17(19-9-8-18-16)24-14-7-10-20(11-14)15(21)12-23-13-5-3-2-4-6-13/h2-6,8-9,14H,7,10-12H2,1H3. The van der Waals surface area contributed by atoms with Gasteiger partial charge in [-0.1, -0.05) is 18.2 Å². The van der Waals surface area contributed by atoms with Gasteiger partial charge in [0.05, 0.1) is 13.7 Å². The number of carbonyl (C=O) groups is 1. The Balaban J connectivity index is 1.50. The number of aromatic nitrogens is 2. The summed E-state index contributed by atoms with van der Waals surface area (Å²) in [6.07, 6.45) is 3.69. The highest BCUT2D eigenvalue weighted by atomic mass is 16.5. The highest BCUT2D eigenvalue weighted by Crippen LogP contribution is 2.24. The van der Waals surface area contributed by atoms with E-state index in [9.17, 15) is 4.79 Å². The normalized spacial score (nSPS) is 16.7. The lowest BCUT2D eigenvalue weighted by Gasteiger charge is -2.17. The number of nitrogens with zero attached hydrogens (tertiary/aromatic N) is 3. The van der Waals surface area contributed by atoms with E-state index in [2.05, 4.69) is 9.97 Å². The second-order valence-corrected chi connectivity index (χ2v) is 5.34. The third kappa shape index (κ3) is 3.92. The van der Waals surface area contributed by atoms with Crippen molar-refractivity contribution in [2.24, 2.45) is 0 Å². The van der Waals surface area contributed by atoms with Crippen molar-refractivity contribution in [3.63, 3.8) is 0 Å². The van der Waals surface area contributed by atoms with Crippen LogP contribution in [0.3, 0.4) is 0 Å². The van der Waals surface area contributed by atoms with Gasteiger partial charge in [-0.15, -0.1) is 0 Å². The van der Waals surface area contributed by atoms with Gasteiger partial charge in [0.1, 0.15) is 11.9 Å². The molecule has 0 aliphatic carbocycles. The molecule has 1 aromatic heterocycles. The molecule has 2 heterocycles. The number of rotatable bonds is 6. The van der Waals surface area contributed by atoms with Crippen LogP contribution in [-0.2, 0) is 4.79 Å². The molecule has 2 aromatic rings. The maximum Gasteiger partial charge on any atom is 0.278 e. The van der Waals surface area contributed by atoms with Crippen molar-refractivity contribution in [1.29, 1.82) is 0 Å². The second kappa shape index (κ2) is 7.63. The summed E-state index contributed by atoms with van der Waals surface area (Å²) >= 11 is 0. The van der Waals surface area contributed by atoms with Crippen molar-refractivity contribution in [2.45, 2.75) is 12.5 Å². The second-order valence-electron chi connectivity index (χ2n) is 5.34. The molecular formula is C17H19N3O4.